The summed E-state index contributed by atoms with van der Waals surface area (Å²) >= 11 is 3.44. The van der Waals surface area contributed by atoms with Gasteiger partial charge in [-0.15, -0.1) is 0 Å². The number of amides is 1. The first-order valence-electron chi connectivity index (χ1n) is 6.93. The van der Waals surface area contributed by atoms with Gasteiger partial charge in [-0.1, -0.05) is 43.1 Å². The maximum absolute atomic E-state index is 12.5. The fraction of sp³-hybridized carbons (Fsp3) is 0.923. The van der Waals surface area contributed by atoms with Crippen molar-refractivity contribution >= 4 is 31.7 Å². The number of nitrogens with zero attached hydrogens (tertiary/aromatic N) is 1. The van der Waals surface area contributed by atoms with Gasteiger partial charge in [-0.05, 0) is 18.8 Å². The minimum absolute atomic E-state index is 0.0329. The molecule has 2 unspecified atom stereocenters. The van der Waals surface area contributed by atoms with E-state index in [-0.39, 0.29) is 34.2 Å². The summed E-state index contributed by atoms with van der Waals surface area (Å²) in [6.45, 7) is 6.70. The molecule has 6 heteroatoms. The molecule has 0 aromatic rings. The highest BCUT2D eigenvalue weighted by Gasteiger charge is 2.36. The molecule has 19 heavy (non-hydrogen) atoms. The van der Waals surface area contributed by atoms with Crippen molar-refractivity contribution in [3.8, 4) is 0 Å². The van der Waals surface area contributed by atoms with Gasteiger partial charge in [-0.2, -0.15) is 0 Å². The van der Waals surface area contributed by atoms with Crippen molar-refractivity contribution in [1.82, 2.24) is 4.90 Å². The molecule has 1 aliphatic rings. The Morgan fingerprint density at radius 1 is 1.42 bits per heavy atom. The van der Waals surface area contributed by atoms with Gasteiger partial charge < -0.3 is 4.90 Å². The van der Waals surface area contributed by atoms with Gasteiger partial charge >= 0.3 is 0 Å². The highest BCUT2D eigenvalue weighted by atomic mass is 79.9. The van der Waals surface area contributed by atoms with Crippen molar-refractivity contribution in [2.24, 2.45) is 5.92 Å². The van der Waals surface area contributed by atoms with E-state index in [0.29, 0.717) is 13.0 Å². The van der Waals surface area contributed by atoms with Crippen LogP contribution in [-0.2, 0) is 14.6 Å². The van der Waals surface area contributed by atoms with E-state index in [0.717, 1.165) is 12.8 Å². The zero-order valence-electron chi connectivity index (χ0n) is 11.9. The first-order valence-corrected chi connectivity index (χ1v) is 9.67. The molecule has 4 nitrogen and oxygen atoms in total. The van der Waals surface area contributed by atoms with Gasteiger partial charge in [0.05, 0.1) is 16.3 Å². The highest BCUT2D eigenvalue weighted by molar-refractivity contribution is 9.10. The van der Waals surface area contributed by atoms with Crippen LogP contribution in [0.4, 0.5) is 0 Å². The van der Waals surface area contributed by atoms with Crippen molar-refractivity contribution < 1.29 is 13.2 Å². The Balaban J connectivity index is 2.80. The third kappa shape index (κ3) is 4.74. The Kier molecular flexibility index (Phi) is 6.30. The van der Waals surface area contributed by atoms with E-state index in [9.17, 15) is 13.2 Å². The minimum atomic E-state index is -2.95. The van der Waals surface area contributed by atoms with Crippen molar-refractivity contribution in [2.45, 2.75) is 50.9 Å². The van der Waals surface area contributed by atoms with Crippen molar-refractivity contribution in [3.63, 3.8) is 0 Å². The molecule has 1 aliphatic heterocycles. The number of sulfone groups is 1. The molecule has 0 N–H and O–H groups in total. The monoisotopic (exact) mass is 353 g/mol. The van der Waals surface area contributed by atoms with E-state index in [1.54, 1.807) is 4.90 Å². The number of carbonyl (C=O) groups excluding carboxylic acids is 1. The van der Waals surface area contributed by atoms with Gasteiger partial charge in [-0.25, -0.2) is 8.42 Å². The Labute approximate surface area is 125 Å². The fourth-order valence-electron chi connectivity index (χ4n) is 2.27. The summed E-state index contributed by atoms with van der Waals surface area (Å²) in [6, 6.07) is -0.136. The lowest BCUT2D eigenvalue weighted by Gasteiger charge is -2.31. The maximum Gasteiger partial charge on any atom is 0.236 e. The van der Waals surface area contributed by atoms with Gasteiger partial charge in [0, 0.05) is 12.6 Å². The van der Waals surface area contributed by atoms with E-state index in [1.807, 2.05) is 13.8 Å². The third-order valence-corrected chi connectivity index (χ3v) is 6.71. The summed E-state index contributed by atoms with van der Waals surface area (Å²) in [7, 11) is -2.95. The molecule has 0 bridgehead atoms. The van der Waals surface area contributed by atoms with Crippen LogP contribution in [0.25, 0.3) is 0 Å². The normalized spacial score (nSPS) is 23.5. The highest BCUT2D eigenvalue weighted by Crippen LogP contribution is 2.23. The van der Waals surface area contributed by atoms with Gasteiger partial charge in [0.2, 0.25) is 5.91 Å². The molecule has 1 amide bonds. The largest absolute Gasteiger partial charge is 0.338 e. The van der Waals surface area contributed by atoms with Crippen LogP contribution in [0.5, 0.6) is 0 Å². The molecule has 1 rings (SSSR count). The number of halogens is 1. The van der Waals surface area contributed by atoms with E-state index >= 15 is 0 Å². The van der Waals surface area contributed by atoms with E-state index in [1.165, 1.54) is 0 Å². The van der Waals surface area contributed by atoms with E-state index < -0.39 is 9.84 Å². The fourth-order valence-corrected chi connectivity index (χ4v) is 4.26. The molecule has 112 valence electrons. The van der Waals surface area contributed by atoms with Crippen LogP contribution in [-0.4, -0.2) is 48.1 Å². The second-order valence-electron chi connectivity index (χ2n) is 5.59. The lowest BCUT2D eigenvalue weighted by Crippen LogP contribution is -2.46. The number of alkyl halides is 1. The number of carbonyl (C=O) groups is 1. The summed E-state index contributed by atoms with van der Waals surface area (Å²) in [5.74, 6) is 0.572. The van der Waals surface area contributed by atoms with Crippen LogP contribution in [0.2, 0.25) is 0 Å². The third-order valence-electron chi connectivity index (χ3n) is 3.51. The van der Waals surface area contributed by atoms with Gasteiger partial charge in [0.15, 0.2) is 9.84 Å². The predicted molar refractivity (Wildman–Crippen MR) is 81.2 cm³/mol. The number of rotatable bonds is 6. The van der Waals surface area contributed by atoms with Crippen LogP contribution in [0.3, 0.4) is 0 Å². The zero-order chi connectivity index (χ0) is 14.6. The van der Waals surface area contributed by atoms with Crippen LogP contribution in [0, 0.1) is 5.92 Å². The average molecular weight is 354 g/mol. The van der Waals surface area contributed by atoms with E-state index in [4.69, 9.17) is 0 Å². The second-order valence-corrected chi connectivity index (χ2v) is 8.80. The molecule has 0 aromatic heterocycles. The molecular weight excluding hydrogens is 330 g/mol. The molecule has 1 heterocycles. The summed E-state index contributed by atoms with van der Waals surface area (Å²) in [5.41, 5.74) is 0. The summed E-state index contributed by atoms with van der Waals surface area (Å²) < 4.78 is 23.2. The average Bonchev–Trinajstić information content (AvgIpc) is 2.68. The number of hydrogen-bond acceptors (Lipinski definition) is 3. The number of unbranched alkanes of at least 4 members (excludes halogenated alkanes) is 1. The molecule has 1 saturated heterocycles. The Hall–Kier alpha value is -0.100. The van der Waals surface area contributed by atoms with Crippen LogP contribution in [0.1, 0.15) is 40.0 Å². The Morgan fingerprint density at radius 2 is 2.05 bits per heavy atom. The maximum atomic E-state index is 12.5. The van der Waals surface area contributed by atoms with Gasteiger partial charge in [0.25, 0.3) is 0 Å². The van der Waals surface area contributed by atoms with Crippen molar-refractivity contribution in [3.05, 3.63) is 0 Å². The standard InChI is InChI=1S/C13H24BrNO3S/c1-4-5-7-15(13(16)12(14)10(2)3)11-6-8-19(17,18)9-11/h10-12H,4-9H2,1-3H3. The van der Waals surface area contributed by atoms with Gasteiger partial charge in [-0.3, -0.25) is 4.79 Å². The molecule has 0 radical (unpaired) electrons. The quantitative estimate of drug-likeness (QED) is 0.688. The van der Waals surface area contributed by atoms with Crippen LogP contribution >= 0.6 is 15.9 Å². The molecular formula is C13H24BrNO3S. The van der Waals surface area contributed by atoms with Gasteiger partial charge in [0.1, 0.15) is 0 Å². The summed E-state index contributed by atoms with van der Waals surface area (Å²) in [5, 5.41) is 0. The summed E-state index contributed by atoms with van der Waals surface area (Å²) in [6.07, 6.45) is 2.49. The molecule has 0 spiro atoms. The molecule has 0 aliphatic carbocycles. The SMILES string of the molecule is CCCCN(C(=O)C(Br)C(C)C)C1CCS(=O)(=O)C1. The second kappa shape index (κ2) is 7.07. The molecule has 0 saturated carbocycles. The lowest BCUT2D eigenvalue weighted by molar-refractivity contribution is -0.133. The van der Waals surface area contributed by atoms with Crippen molar-refractivity contribution in [2.75, 3.05) is 18.1 Å². The zero-order valence-corrected chi connectivity index (χ0v) is 14.3. The first kappa shape index (κ1) is 17.0. The van der Waals surface area contributed by atoms with Crippen LogP contribution in [0.15, 0.2) is 0 Å². The van der Waals surface area contributed by atoms with Crippen molar-refractivity contribution in [1.29, 1.82) is 0 Å². The smallest absolute Gasteiger partial charge is 0.236 e. The Bertz CT molecular complexity index is 408. The Morgan fingerprint density at radius 3 is 2.47 bits per heavy atom. The number of hydrogen-bond donors (Lipinski definition) is 0. The molecule has 1 fully saturated rings. The minimum Gasteiger partial charge on any atom is -0.338 e. The predicted octanol–water partition coefficient (Wildman–Crippen LogP) is 2.22. The van der Waals surface area contributed by atoms with E-state index in [2.05, 4.69) is 22.9 Å². The lowest BCUT2D eigenvalue weighted by atomic mass is 10.1. The van der Waals surface area contributed by atoms with Crippen LogP contribution < -0.4 is 0 Å². The first-order chi connectivity index (χ1) is 8.78. The molecule has 2 atom stereocenters. The molecule has 0 aromatic carbocycles. The topological polar surface area (TPSA) is 54.5 Å². The summed E-state index contributed by atoms with van der Waals surface area (Å²) in [4.78, 5) is 14.0.